The van der Waals surface area contributed by atoms with Gasteiger partial charge in [0.25, 0.3) is 0 Å². The number of aliphatic hydroxyl groups is 1. The smallest absolute Gasteiger partial charge is 0.164 e. The molecule has 0 saturated heterocycles. The van der Waals surface area contributed by atoms with Crippen molar-refractivity contribution in [3.63, 3.8) is 0 Å². The number of hydrogen-bond donors (Lipinski definition) is 1. The van der Waals surface area contributed by atoms with Gasteiger partial charge in [0.1, 0.15) is 0 Å². The Bertz CT molecular complexity index is 371. The minimum absolute atomic E-state index is 0.0253. The Hall–Kier alpha value is -1.00. The predicted octanol–water partition coefficient (Wildman–Crippen LogP) is 3.12. The van der Waals surface area contributed by atoms with E-state index >= 15 is 0 Å². The normalized spacial score (nSPS) is 13.0. The third-order valence-electron chi connectivity index (χ3n) is 2.97. The molecule has 102 valence electrons. The highest BCUT2D eigenvalue weighted by Gasteiger charge is 2.17. The molecule has 0 heterocycles. The summed E-state index contributed by atoms with van der Waals surface area (Å²) in [5.41, 5.74) is 0.0253. The Kier molecular flexibility index (Phi) is 6.22. The zero-order valence-corrected chi connectivity index (χ0v) is 11.0. The van der Waals surface area contributed by atoms with Crippen molar-refractivity contribution >= 4 is 0 Å². The number of halogens is 2. The molecular formula is C14H21F2NO. The lowest BCUT2D eigenvalue weighted by atomic mass is 10.1. The van der Waals surface area contributed by atoms with Crippen LogP contribution in [0, 0.1) is 11.6 Å². The van der Waals surface area contributed by atoms with E-state index in [0.29, 0.717) is 6.54 Å². The lowest BCUT2D eigenvalue weighted by molar-refractivity contribution is 0.122. The van der Waals surface area contributed by atoms with Gasteiger partial charge in [0.2, 0.25) is 0 Å². The molecule has 4 heteroatoms. The summed E-state index contributed by atoms with van der Waals surface area (Å²) < 4.78 is 26.5. The molecular weight excluding hydrogens is 236 g/mol. The lowest BCUT2D eigenvalue weighted by Gasteiger charge is -2.21. The van der Waals surface area contributed by atoms with Crippen molar-refractivity contribution < 1.29 is 13.9 Å². The summed E-state index contributed by atoms with van der Waals surface area (Å²) in [6.07, 6.45) is 2.32. The first-order valence-electron chi connectivity index (χ1n) is 6.36. The van der Waals surface area contributed by atoms with Crippen LogP contribution < -0.4 is 0 Å². The molecule has 1 aromatic carbocycles. The largest absolute Gasteiger partial charge is 0.387 e. The predicted molar refractivity (Wildman–Crippen MR) is 68.3 cm³/mol. The second-order valence-corrected chi connectivity index (χ2v) is 4.63. The van der Waals surface area contributed by atoms with Gasteiger partial charge in [0.05, 0.1) is 6.10 Å². The van der Waals surface area contributed by atoms with Crippen LogP contribution in [0.4, 0.5) is 8.78 Å². The number of unbranched alkanes of at least 4 members (excludes halogenated alkanes) is 2. The van der Waals surface area contributed by atoms with Gasteiger partial charge < -0.3 is 10.0 Å². The molecule has 0 aliphatic rings. The monoisotopic (exact) mass is 257 g/mol. The molecule has 0 aliphatic heterocycles. The number of benzene rings is 1. The first-order chi connectivity index (χ1) is 8.56. The molecule has 0 aromatic heterocycles. The van der Waals surface area contributed by atoms with Crippen molar-refractivity contribution in [3.05, 3.63) is 35.4 Å². The van der Waals surface area contributed by atoms with Crippen LogP contribution in [0.3, 0.4) is 0 Å². The summed E-state index contributed by atoms with van der Waals surface area (Å²) in [5.74, 6) is -1.87. The van der Waals surface area contributed by atoms with Crippen LogP contribution in [0.5, 0.6) is 0 Å². The average molecular weight is 257 g/mol. The van der Waals surface area contributed by atoms with E-state index in [9.17, 15) is 13.9 Å². The van der Waals surface area contributed by atoms with Gasteiger partial charge in [-0.25, -0.2) is 8.78 Å². The first kappa shape index (κ1) is 15.1. The summed E-state index contributed by atoms with van der Waals surface area (Å²) in [7, 11) is 1.87. The van der Waals surface area contributed by atoms with Crippen molar-refractivity contribution in [3.8, 4) is 0 Å². The van der Waals surface area contributed by atoms with E-state index < -0.39 is 17.7 Å². The fraction of sp³-hybridized carbons (Fsp3) is 0.571. The quantitative estimate of drug-likeness (QED) is 0.759. The molecule has 0 bridgehead atoms. The van der Waals surface area contributed by atoms with Gasteiger partial charge in [0, 0.05) is 12.1 Å². The zero-order chi connectivity index (χ0) is 13.5. The molecule has 1 atom stereocenters. The van der Waals surface area contributed by atoms with E-state index in [1.807, 2.05) is 11.9 Å². The third kappa shape index (κ3) is 4.35. The SMILES string of the molecule is CCCCCN(C)CC(O)c1cccc(F)c1F. The van der Waals surface area contributed by atoms with E-state index in [4.69, 9.17) is 0 Å². The number of likely N-dealkylation sites (N-methyl/N-ethyl adjacent to an activating group) is 1. The fourth-order valence-corrected chi connectivity index (χ4v) is 1.89. The summed E-state index contributed by atoms with van der Waals surface area (Å²) in [5, 5.41) is 9.90. The molecule has 0 radical (unpaired) electrons. The van der Waals surface area contributed by atoms with Crippen molar-refractivity contribution in [1.82, 2.24) is 4.90 Å². The lowest BCUT2D eigenvalue weighted by Crippen LogP contribution is -2.26. The van der Waals surface area contributed by atoms with Crippen molar-refractivity contribution in [1.29, 1.82) is 0 Å². The van der Waals surface area contributed by atoms with Crippen molar-refractivity contribution in [2.75, 3.05) is 20.1 Å². The fourth-order valence-electron chi connectivity index (χ4n) is 1.89. The Balaban J connectivity index is 2.54. The molecule has 1 unspecified atom stereocenters. The molecule has 1 N–H and O–H groups in total. The van der Waals surface area contributed by atoms with Crippen molar-refractivity contribution in [2.45, 2.75) is 32.3 Å². The molecule has 0 amide bonds. The molecule has 18 heavy (non-hydrogen) atoms. The minimum Gasteiger partial charge on any atom is -0.387 e. The Morgan fingerprint density at radius 3 is 2.67 bits per heavy atom. The highest BCUT2D eigenvalue weighted by atomic mass is 19.2. The number of hydrogen-bond acceptors (Lipinski definition) is 2. The summed E-state index contributed by atoms with van der Waals surface area (Å²) >= 11 is 0. The standard InChI is InChI=1S/C14H21F2NO/c1-3-4-5-9-17(2)10-13(18)11-7-6-8-12(15)14(11)16/h6-8,13,18H,3-5,9-10H2,1-2H3. The van der Waals surface area contributed by atoms with Gasteiger partial charge in [-0.1, -0.05) is 31.9 Å². The highest BCUT2D eigenvalue weighted by Crippen LogP contribution is 2.19. The van der Waals surface area contributed by atoms with Crippen LogP contribution in [-0.4, -0.2) is 30.1 Å². The van der Waals surface area contributed by atoms with Gasteiger partial charge in [-0.3, -0.25) is 0 Å². The Morgan fingerprint density at radius 2 is 2.00 bits per heavy atom. The number of rotatable bonds is 7. The highest BCUT2D eigenvalue weighted by molar-refractivity contribution is 5.21. The molecule has 0 spiro atoms. The number of aliphatic hydroxyl groups excluding tert-OH is 1. The summed E-state index contributed by atoms with van der Waals surface area (Å²) in [4.78, 5) is 1.94. The van der Waals surface area contributed by atoms with Crippen LogP contribution in [0.15, 0.2) is 18.2 Å². The minimum atomic E-state index is -0.993. The van der Waals surface area contributed by atoms with Crippen LogP contribution in [0.25, 0.3) is 0 Å². The average Bonchev–Trinajstić information content (AvgIpc) is 2.32. The maximum atomic E-state index is 13.5. The second kappa shape index (κ2) is 7.44. The van der Waals surface area contributed by atoms with Crippen LogP contribution >= 0.6 is 0 Å². The van der Waals surface area contributed by atoms with Gasteiger partial charge >= 0.3 is 0 Å². The molecule has 2 nitrogen and oxygen atoms in total. The van der Waals surface area contributed by atoms with E-state index in [0.717, 1.165) is 31.9 Å². The Labute approximate surface area is 107 Å². The first-order valence-corrected chi connectivity index (χ1v) is 6.36. The zero-order valence-electron chi connectivity index (χ0n) is 11.0. The van der Waals surface area contributed by atoms with E-state index in [2.05, 4.69) is 6.92 Å². The Morgan fingerprint density at radius 1 is 1.28 bits per heavy atom. The summed E-state index contributed by atoms with van der Waals surface area (Å²) in [6.45, 7) is 3.28. The van der Waals surface area contributed by atoms with E-state index in [1.54, 1.807) is 0 Å². The van der Waals surface area contributed by atoms with E-state index in [-0.39, 0.29) is 5.56 Å². The molecule has 0 fully saturated rings. The molecule has 1 rings (SSSR count). The maximum Gasteiger partial charge on any atom is 0.164 e. The van der Waals surface area contributed by atoms with Crippen molar-refractivity contribution in [2.24, 2.45) is 0 Å². The molecule has 0 saturated carbocycles. The number of nitrogens with zero attached hydrogens (tertiary/aromatic N) is 1. The second-order valence-electron chi connectivity index (χ2n) is 4.63. The van der Waals surface area contributed by atoms with Gasteiger partial charge in [-0.2, -0.15) is 0 Å². The van der Waals surface area contributed by atoms with Gasteiger partial charge in [-0.05, 0) is 26.1 Å². The van der Waals surface area contributed by atoms with E-state index in [1.165, 1.54) is 12.1 Å². The van der Waals surface area contributed by atoms with Crippen LogP contribution in [-0.2, 0) is 0 Å². The topological polar surface area (TPSA) is 23.5 Å². The third-order valence-corrected chi connectivity index (χ3v) is 2.97. The van der Waals surface area contributed by atoms with Gasteiger partial charge in [-0.15, -0.1) is 0 Å². The molecule has 0 aliphatic carbocycles. The molecule has 1 aromatic rings. The van der Waals surface area contributed by atoms with Gasteiger partial charge in [0.15, 0.2) is 11.6 Å². The maximum absolute atomic E-state index is 13.5. The van der Waals surface area contributed by atoms with Crippen LogP contribution in [0.2, 0.25) is 0 Å². The van der Waals surface area contributed by atoms with Crippen LogP contribution in [0.1, 0.15) is 37.9 Å². The summed E-state index contributed by atoms with van der Waals surface area (Å²) in [6, 6.07) is 3.88.